The van der Waals surface area contributed by atoms with E-state index in [0.29, 0.717) is 16.4 Å². The third-order valence-electron chi connectivity index (χ3n) is 1.80. The number of aromatic nitrogens is 1. The zero-order chi connectivity index (χ0) is 10.7. The number of nitrogens with one attached hydrogen (secondary N) is 1. The third kappa shape index (κ3) is 1.95. The van der Waals surface area contributed by atoms with Crippen molar-refractivity contribution >= 4 is 22.8 Å². The van der Waals surface area contributed by atoms with E-state index >= 15 is 0 Å². The average molecular weight is 219 g/mol. The molecule has 15 heavy (non-hydrogen) atoms. The van der Waals surface area contributed by atoms with Gasteiger partial charge in [-0.3, -0.25) is 0 Å². The Bertz CT molecular complexity index is 515. The standard InChI is InChI=1S/C10H6FN3S/c11-7-3-1-2-4-8(7)14-10-9(5-12)15-6-13-10/h1-4,6,14H. The van der Waals surface area contributed by atoms with Crippen LogP contribution in [0, 0.1) is 17.1 Å². The maximum Gasteiger partial charge on any atom is 0.159 e. The minimum Gasteiger partial charge on any atom is -0.336 e. The highest BCUT2D eigenvalue weighted by Crippen LogP contribution is 2.23. The normalized spacial score (nSPS) is 9.60. The molecule has 5 heteroatoms. The van der Waals surface area contributed by atoms with Crippen molar-refractivity contribution < 1.29 is 4.39 Å². The monoisotopic (exact) mass is 219 g/mol. The molecule has 1 heterocycles. The van der Waals surface area contributed by atoms with Crippen molar-refractivity contribution in [3.63, 3.8) is 0 Å². The minimum absolute atomic E-state index is 0.319. The molecule has 74 valence electrons. The van der Waals surface area contributed by atoms with E-state index in [4.69, 9.17) is 5.26 Å². The number of anilines is 2. The fraction of sp³-hybridized carbons (Fsp3) is 0. The molecule has 0 saturated heterocycles. The summed E-state index contributed by atoms with van der Waals surface area (Å²) < 4.78 is 13.2. The Kier molecular flexibility index (Phi) is 2.61. The Morgan fingerprint density at radius 2 is 2.20 bits per heavy atom. The zero-order valence-electron chi connectivity index (χ0n) is 7.57. The zero-order valence-corrected chi connectivity index (χ0v) is 8.38. The fourth-order valence-corrected chi connectivity index (χ4v) is 1.64. The van der Waals surface area contributed by atoms with Gasteiger partial charge in [0.1, 0.15) is 16.8 Å². The molecule has 0 fully saturated rings. The Morgan fingerprint density at radius 1 is 1.40 bits per heavy atom. The number of nitriles is 1. The maximum absolute atomic E-state index is 13.2. The van der Waals surface area contributed by atoms with Gasteiger partial charge in [0.2, 0.25) is 0 Å². The summed E-state index contributed by atoms with van der Waals surface area (Å²) in [7, 11) is 0. The first-order valence-electron chi connectivity index (χ1n) is 4.16. The van der Waals surface area contributed by atoms with Crippen LogP contribution < -0.4 is 5.32 Å². The lowest BCUT2D eigenvalue weighted by Crippen LogP contribution is -1.94. The van der Waals surface area contributed by atoms with E-state index in [1.165, 1.54) is 17.4 Å². The van der Waals surface area contributed by atoms with E-state index in [-0.39, 0.29) is 5.82 Å². The van der Waals surface area contributed by atoms with Gasteiger partial charge in [0.25, 0.3) is 0 Å². The number of rotatable bonds is 2. The van der Waals surface area contributed by atoms with Gasteiger partial charge < -0.3 is 5.32 Å². The summed E-state index contributed by atoms with van der Waals surface area (Å²) in [6, 6.07) is 8.24. The topological polar surface area (TPSA) is 48.7 Å². The highest BCUT2D eigenvalue weighted by atomic mass is 32.1. The van der Waals surface area contributed by atoms with Crippen LogP contribution in [0.25, 0.3) is 0 Å². The van der Waals surface area contributed by atoms with Crippen LogP contribution in [-0.2, 0) is 0 Å². The van der Waals surface area contributed by atoms with Crippen LogP contribution in [0.1, 0.15) is 4.88 Å². The van der Waals surface area contributed by atoms with Gasteiger partial charge in [-0.1, -0.05) is 12.1 Å². The second-order valence-electron chi connectivity index (χ2n) is 2.75. The first-order chi connectivity index (χ1) is 7.31. The number of hydrogen-bond donors (Lipinski definition) is 1. The molecule has 0 spiro atoms. The smallest absolute Gasteiger partial charge is 0.159 e. The SMILES string of the molecule is N#Cc1scnc1Nc1ccccc1F. The van der Waals surface area contributed by atoms with Gasteiger partial charge in [-0.25, -0.2) is 9.37 Å². The van der Waals surface area contributed by atoms with Crippen LogP contribution in [0.3, 0.4) is 0 Å². The fourth-order valence-electron chi connectivity index (χ4n) is 1.10. The molecule has 1 aromatic carbocycles. The lowest BCUT2D eigenvalue weighted by Gasteiger charge is -2.03. The number of thiazole rings is 1. The predicted octanol–water partition coefficient (Wildman–Crippen LogP) is 2.90. The summed E-state index contributed by atoms with van der Waals surface area (Å²) in [5.41, 5.74) is 1.86. The van der Waals surface area contributed by atoms with E-state index < -0.39 is 0 Å². The molecular weight excluding hydrogens is 213 g/mol. The molecule has 0 atom stereocenters. The molecule has 2 rings (SSSR count). The number of nitrogens with zero attached hydrogens (tertiary/aromatic N) is 2. The Morgan fingerprint density at radius 3 is 2.93 bits per heavy atom. The van der Waals surface area contributed by atoms with Crippen LogP contribution in [0.4, 0.5) is 15.9 Å². The van der Waals surface area contributed by atoms with Gasteiger partial charge >= 0.3 is 0 Å². The molecule has 0 saturated carbocycles. The maximum atomic E-state index is 13.2. The number of hydrogen-bond acceptors (Lipinski definition) is 4. The van der Waals surface area contributed by atoms with Gasteiger partial charge in [-0.15, -0.1) is 11.3 Å². The summed E-state index contributed by atoms with van der Waals surface area (Å²) in [5.74, 6) is 0.0296. The van der Waals surface area contributed by atoms with E-state index in [2.05, 4.69) is 10.3 Å². The number of benzene rings is 1. The lowest BCUT2D eigenvalue weighted by atomic mass is 10.3. The predicted molar refractivity (Wildman–Crippen MR) is 56.5 cm³/mol. The molecule has 1 aromatic heterocycles. The largest absolute Gasteiger partial charge is 0.336 e. The molecule has 0 aliphatic rings. The van der Waals surface area contributed by atoms with Gasteiger partial charge in [0.15, 0.2) is 5.82 Å². The number of para-hydroxylation sites is 1. The molecule has 0 amide bonds. The van der Waals surface area contributed by atoms with E-state index in [9.17, 15) is 4.39 Å². The molecular formula is C10H6FN3S. The van der Waals surface area contributed by atoms with E-state index in [0.717, 1.165) is 0 Å². The summed E-state index contributed by atoms with van der Waals surface area (Å²) in [6.45, 7) is 0. The second-order valence-corrected chi connectivity index (χ2v) is 3.60. The molecule has 3 nitrogen and oxygen atoms in total. The highest BCUT2D eigenvalue weighted by molar-refractivity contribution is 7.10. The molecule has 0 aliphatic heterocycles. The Balaban J connectivity index is 2.31. The first kappa shape index (κ1) is 9.62. The summed E-state index contributed by atoms with van der Waals surface area (Å²) in [5, 5.41) is 11.5. The van der Waals surface area contributed by atoms with Crippen molar-refractivity contribution in [2.45, 2.75) is 0 Å². The molecule has 0 radical (unpaired) electrons. The van der Waals surface area contributed by atoms with E-state index in [1.54, 1.807) is 23.7 Å². The van der Waals surface area contributed by atoms with Gasteiger partial charge in [0.05, 0.1) is 11.2 Å². The quantitative estimate of drug-likeness (QED) is 0.844. The van der Waals surface area contributed by atoms with Crippen LogP contribution >= 0.6 is 11.3 Å². The first-order valence-corrected chi connectivity index (χ1v) is 5.04. The summed E-state index contributed by atoms with van der Waals surface area (Å²) >= 11 is 1.22. The molecule has 0 aliphatic carbocycles. The van der Waals surface area contributed by atoms with Crippen LogP contribution in [0.2, 0.25) is 0 Å². The van der Waals surface area contributed by atoms with Crippen molar-refractivity contribution in [1.29, 1.82) is 5.26 Å². The van der Waals surface area contributed by atoms with Gasteiger partial charge in [0, 0.05) is 0 Å². The Labute approximate surface area is 89.8 Å². The molecule has 0 bridgehead atoms. The minimum atomic E-state index is -0.366. The lowest BCUT2D eigenvalue weighted by molar-refractivity contribution is 0.632. The molecule has 0 unspecified atom stereocenters. The number of halogens is 1. The van der Waals surface area contributed by atoms with Crippen molar-refractivity contribution in [3.05, 3.63) is 40.5 Å². The summed E-state index contributed by atoms with van der Waals surface area (Å²) in [6.07, 6.45) is 0. The van der Waals surface area contributed by atoms with E-state index in [1.807, 2.05) is 6.07 Å². The van der Waals surface area contributed by atoms with Crippen molar-refractivity contribution in [2.75, 3.05) is 5.32 Å². The van der Waals surface area contributed by atoms with Crippen molar-refractivity contribution in [3.8, 4) is 6.07 Å². The average Bonchev–Trinajstić information content (AvgIpc) is 2.69. The third-order valence-corrected chi connectivity index (χ3v) is 2.53. The molecule has 1 N–H and O–H groups in total. The Hall–Kier alpha value is -1.93. The van der Waals surface area contributed by atoms with Crippen LogP contribution in [0.5, 0.6) is 0 Å². The van der Waals surface area contributed by atoms with Crippen LogP contribution in [0.15, 0.2) is 29.8 Å². The van der Waals surface area contributed by atoms with Crippen molar-refractivity contribution in [2.24, 2.45) is 0 Å². The summed E-state index contributed by atoms with van der Waals surface area (Å²) in [4.78, 5) is 4.38. The van der Waals surface area contributed by atoms with Crippen LogP contribution in [-0.4, -0.2) is 4.98 Å². The van der Waals surface area contributed by atoms with Crippen molar-refractivity contribution in [1.82, 2.24) is 4.98 Å². The molecule has 2 aromatic rings. The van der Waals surface area contributed by atoms with Gasteiger partial charge in [-0.2, -0.15) is 5.26 Å². The highest BCUT2D eigenvalue weighted by Gasteiger charge is 2.07. The second kappa shape index (κ2) is 4.07. The van der Waals surface area contributed by atoms with Gasteiger partial charge in [-0.05, 0) is 12.1 Å².